The van der Waals surface area contributed by atoms with Gasteiger partial charge >= 0.3 is 5.97 Å². The van der Waals surface area contributed by atoms with Gasteiger partial charge < -0.3 is 10.8 Å². The quantitative estimate of drug-likeness (QED) is 0.630. The van der Waals surface area contributed by atoms with Crippen molar-refractivity contribution in [2.75, 3.05) is 0 Å². The Bertz CT molecular complexity index is 177. The van der Waals surface area contributed by atoms with Crippen molar-refractivity contribution in [2.24, 2.45) is 11.7 Å². The van der Waals surface area contributed by atoms with E-state index in [0.717, 1.165) is 0 Å². The number of ketones is 1. The van der Waals surface area contributed by atoms with Gasteiger partial charge in [-0.1, -0.05) is 13.8 Å². The van der Waals surface area contributed by atoms with E-state index in [0.29, 0.717) is 0 Å². The van der Waals surface area contributed by atoms with Gasteiger partial charge in [0.1, 0.15) is 0 Å². The minimum atomic E-state index is -0.915. The Kier molecular flexibility index (Phi) is 4.51. The van der Waals surface area contributed by atoms with Crippen LogP contribution in [0.5, 0.6) is 0 Å². The van der Waals surface area contributed by atoms with Gasteiger partial charge in [0.25, 0.3) is 0 Å². The third-order valence-corrected chi connectivity index (χ3v) is 1.60. The standard InChI is InChI=1S/C8H15NO3/c1-5(2)8(12)6(9)3-4-7(10)11/h5-6H,3-4,9H2,1-2H3,(H,10,11)/t6-/m0/s1. The molecule has 0 saturated heterocycles. The minimum Gasteiger partial charge on any atom is -0.481 e. The molecule has 0 aliphatic rings. The van der Waals surface area contributed by atoms with E-state index in [1.54, 1.807) is 13.8 Å². The zero-order valence-corrected chi connectivity index (χ0v) is 7.41. The molecule has 0 bridgehead atoms. The first-order valence-electron chi connectivity index (χ1n) is 3.96. The summed E-state index contributed by atoms with van der Waals surface area (Å²) < 4.78 is 0. The molecule has 0 heterocycles. The lowest BCUT2D eigenvalue weighted by molar-refractivity contribution is -0.137. The number of rotatable bonds is 5. The Morgan fingerprint density at radius 1 is 1.42 bits per heavy atom. The maximum Gasteiger partial charge on any atom is 0.303 e. The summed E-state index contributed by atoms with van der Waals surface area (Å²) in [4.78, 5) is 21.3. The second kappa shape index (κ2) is 4.87. The van der Waals surface area contributed by atoms with E-state index in [1.165, 1.54) is 0 Å². The third kappa shape index (κ3) is 4.08. The Morgan fingerprint density at radius 3 is 2.25 bits per heavy atom. The number of aliphatic carboxylic acids is 1. The molecule has 0 saturated carbocycles. The lowest BCUT2D eigenvalue weighted by atomic mass is 9.99. The van der Waals surface area contributed by atoms with E-state index in [2.05, 4.69) is 0 Å². The molecule has 0 aromatic rings. The molecule has 0 aliphatic carbocycles. The first kappa shape index (κ1) is 11.1. The average Bonchev–Trinajstić information content (AvgIpc) is 1.98. The smallest absolute Gasteiger partial charge is 0.303 e. The molecule has 0 aromatic heterocycles. The van der Waals surface area contributed by atoms with Crippen LogP contribution in [-0.4, -0.2) is 22.9 Å². The summed E-state index contributed by atoms with van der Waals surface area (Å²) in [5.74, 6) is -1.10. The van der Waals surface area contributed by atoms with Crippen molar-refractivity contribution in [3.63, 3.8) is 0 Å². The molecule has 1 atom stereocenters. The number of carbonyl (C=O) groups excluding carboxylic acids is 1. The van der Waals surface area contributed by atoms with Gasteiger partial charge in [-0.3, -0.25) is 9.59 Å². The van der Waals surface area contributed by atoms with Gasteiger partial charge in [-0.05, 0) is 6.42 Å². The normalized spacial score (nSPS) is 13.0. The molecule has 0 radical (unpaired) electrons. The maximum absolute atomic E-state index is 11.1. The minimum absolute atomic E-state index is 0.0420. The van der Waals surface area contributed by atoms with Crippen LogP contribution in [-0.2, 0) is 9.59 Å². The SMILES string of the molecule is CC(C)C(=O)[C@@H](N)CCC(=O)O. The molecule has 70 valence electrons. The predicted molar refractivity (Wildman–Crippen MR) is 44.7 cm³/mol. The van der Waals surface area contributed by atoms with Crippen molar-refractivity contribution in [1.82, 2.24) is 0 Å². The van der Waals surface area contributed by atoms with Crippen molar-refractivity contribution >= 4 is 11.8 Å². The lowest BCUT2D eigenvalue weighted by Crippen LogP contribution is -2.34. The first-order valence-corrected chi connectivity index (χ1v) is 3.96. The highest BCUT2D eigenvalue weighted by molar-refractivity contribution is 5.85. The number of hydrogen-bond donors (Lipinski definition) is 2. The summed E-state index contributed by atoms with van der Waals surface area (Å²) in [5.41, 5.74) is 5.45. The van der Waals surface area contributed by atoms with Crippen LogP contribution in [0, 0.1) is 5.92 Å². The molecule has 3 N–H and O–H groups in total. The van der Waals surface area contributed by atoms with E-state index in [4.69, 9.17) is 10.8 Å². The van der Waals surface area contributed by atoms with Gasteiger partial charge in [0, 0.05) is 12.3 Å². The van der Waals surface area contributed by atoms with Crippen molar-refractivity contribution in [3.05, 3.63) is 0 Å². The van der Waals surface area contributed by atoms with E-state index in [1.807, 2.05) is 0 Å². The van der Waals surface area contributed by atoms with E-state index in [-0.39, 0.29) is 24.5 Å². The van der Waals surface area contributed by atoms with Crippen LogP contribution >= 0.6 is 0 Å². The molecule has 12 heavy (non-hydrogen) atoms. The summed E-state index contributed by atoms with van der Waals surface area (Å²) >= 11 is 0. The van der Waals surface area contributed by atoms with Crippen LogP contribution in [0.3, 0.4) is 0 Å². The van der Waals surface area contributed by atoms with Crippen molar-refractivity contribution in [2.45, 2.75) is 32.7 Å². The molecule has 0 fully saturated rings. The van der Waals surface area contributed by atoms with Crippen LogP contribution in [0.4, 0.5) is 0 Å². The average molecular weight is 173 g/mol. The first-order chi connectivity index (χ1) is 5.45. The number of carboxylic acids is 1. The van der Waals surface area contributed by atoms with Crippen molar-refractivity contribution < 1.29 is 14.7 Å². The summed E-state index contributed by atoms with van der Waals surface area (Å²) in [6, 6.07) is -0.624. The van der Waals surface area contributed by atoms with Crippen LogP contribution in [0.25, 0.3) is 0 Å². The van der Waals surface area contributed by atoms with Gasteiger partial charge in [0.15, 0.2) is 5.78 Å². The van der Waals surface area contributed by atoms with Gasteiger partial charge in [0.2, 0.25) is 0 Å². The summed E-state index contributed by atoms with van der Waals surface area (Å²) in [6.07, 6.45) is 0.186. The Hall–Kier alpha value is -0.900. The second-order valence-corrected chi connectivity index (χ2v) is 3.10. The molecule has 0 amide bonds. The Morgan fingerprint density at radius 2 is 1.92 bits per heavy atom. The molecule has 4 heteroatoms. The fraction of sp³-hybridized carbons (Fsp3) is 0.750. The number of nitrogens with two attached hydrogens (primary N) is 1. The molecular weight excluding hydrogens is 158 g/mol. The second-order valence-electron chi connectivity index (χ2n) is 3.10. The predicted octanol–water partition coefficient (Wildman–Crippen LogP) is 0.404. The summed E-state index contributed by atoms with van der Waals surface area (Å²) in [6.45, 7) is 3.51. The highest BCUT2D eigenvalue weighted by atomic mass is 16.4. The van der Waals surface area contributed by atoms with Gasteiger partial charge in [-0.15, -0.1) is 0 Å². The zero-order chi connectivity index (χ0) is 9.72. The monoisotopic (exact) mass is 173 g/mol. The molecule has 0 spiro atoms. The molecule has 0 aliphatic heterocycles. The topological polar surface area (TPSA) is 80.4 Å². The lowest BCUT2D eigenvalue weighted by Gasteiger charge is -2.10. The van der Waals surface area contributed by atoms with Gasteiger partial charge in [-0.25, -0.2) is 0 Å². The number of carboxylic acid groups (broad SMARTS) is 1. The maximum atomic E-state index is 11.1. The zero-order valence-electron chi connectivity index (χ0n) is 7.41. The van der Waals surface area contributed by atoms with Crippen molar-refractivity contribution in [3.8, 4) is 0 Å². The van der Waals surface area contributed by atoms with Gasteiger partial charge in [0.05, 0.1) is 6.04 Å². The van der Waals surface area contributed by atoms with E-state index < -0.39 is 12.0 Å². The molecule has 0 aromatic carbocycles. The van der Waals surface area contributed by atoms with E-state index in [9.17, 15) is 9.59 Å². The Balaban J connectivity index is 3.79. The van der Waals surface area contributed by atoms with Crippen LogP contribution in [0.1, 0.15) is 26.7 Å². The molecule has 4 nitrogen and oxygen atoms in total. The van der Waals surface area contributed by atoms with Crippen LogP contribution < -0.4 is 5.73 Å². The highest BCUT2D eigenvalue weighted by Crippen LogP contribution is 2.03. The summed E-state index contributed by atoms with van der Waals surface area (Å²) in [7, 11) is 0. The molecular formula is C8H15NO3. The summed E-state index contributed by atoms with van der Waals surface area (Å²) in [5, 5.41) is 8.32. The van der Waals surface area contributed by atoms with Crippen molar-refractivity contribution in [1.29, 1.82) is 0 Å². The molecule has 0 rings (SSSR count). The third-order valence-electron chi connectivity index (χ3n) is 1.60. The molecule has 0 unspecified atom stereocenters. The van der Waals surface area contributed by atoms with Crippen LogP contribution in [0.2, 0.25) is 0 Å². The number of Topliss-reactive ketones (excluding diaryl/α,β-unsaturated/α-hetero) is 1. The number of hydrogen-bond acceptors (Lipinski definition) is 3. The highest BCUT2D eigenvalue weighted by Gasteiger charge is 2.17. The largest absolute Gasteiger partial charge is 0.481 e. The van der Waals surface area contributed by atoms with E-state index >= 15 is 0 Å². The number of carbonyl (C=O) groups is 2. The van der Waals surface area contributed by atoms with Crippen LogP contribution in [0.15, 0.2) is 0 Å². The van der Waals surface area contributed by atoms with Gasteiger partial charge in [-0.2, -0.15) is 0 Å². The fourth-order valence-electron chi connectivity index (χ4n) is 0.849. The Labute approximate surface area is 71.8 Å². The fourth-order valence-corrected chi connectivity index (χ4v) is 0.849.